The molecule has 3 atom stereocenters. The summed E-state index contributed by atoms with van der Waals surface area (Å²) in [5.74, 6) is 0. The fraction of sp³-hybridized carbons (Fsp3) is 0.727. The second-order valence-electron chi connectivity index (χ2n) is 11.5. The highest BCUT2D eigenvalue weighted by Gasteiger charge is 2.55. The van der Waals surface area contributed by atoms with Gasteiger partial charge in [0.2, 0.25) is 6.57 Å². The molecule has 0 bridgehead atoms. The first kappa shape index (κ1) is 25.3. The lowest BCUT2D eigenvalue weighted by atomic mass is 9.90. The minimum Gasteiger partial charge on any atom is -0.319 e. The Kier molecular flexibility index (Phi) is 8.00. The summed E-state index contributed by atoms with van der Waals surface area (Å²) >= 11 is 10.4. The van der Waals surface area contributed by atoms with E-state index in [4.69, 9.17) is 16.3 Å². The van der Waals surface area contributed by atoms with Gasteiger partial charge < -0.3 is 4.52 Å². The van der Waals surface area contributed by atoms with Crippen molar-refractivity contribution in [1.82, 2.24) is 9.34 Å². The quantitative estimate of drug-likeness (QED) is 0.260. The molecule has 3 rings (SSSR count). The summed E-state index contributed by atoms with van der Waals surface area (Å²) in [7, 11) is -2.67. The molecule has 1 aromatic carbocycles. The van der Waals surface area contributed by atoms with E-state index in [2.05, 4.69) is 95.7 Å². The zero-order valence-corrected chi connectivity index (χ0v) is 25.1. The summed E-state index contributed by atoms with van der Waals surface area (Å²) in [6.45, 7) is 14.8. The van der Waals surface area contributed by atoms with Crippen molar-refractivity contribution in [3.63, 3.8) is 0 Å². The number of nitrogens with zero attached hydrogens (tertiary/aromatic N) is 2. The number of hydrogen-bond acceptors (Lipinski definition) is 2. The molecule has 2 aliphatic rings. The third-order valence-electron chi connectivity index (χ3n) is 6.02. The summed E-state index contributed by atoms with van der Waals surface area (Å²) in [6.07, 6.45) is 7.51. The minimum absolute atomic E-state index is 0.0140. The molecule has 1 saturated heterocycles. The van der Waals surface area contributed by atoms with E-state index in [1.807, 2.05) is 0 Å². The molecule has 0 N–H and O–H groups in total. The van der Waals surface area contributed by atoms with E-state index in [9.17, 15) is 0 Å². The minimum atomic E-state index is -2.28. The zero-order chi connectivity index (χ0) is 22.3. The van der Waals surface area contributed by atoms with Crippen molar-refractivity contribution in [3.8, 4) is 0 Å². The van der Waals surface area contributed by atoms with E-state index < -0.39 is 22.7 Å². The van der Waals surface area contributed by atoms with Crippen molar-refractivity contribution < 1.29 is 4.52 Å². The Hall–Kier alpha value is 0.664. The van der Waals surface area contributed by atoms with E-state index in [-0.39, 0.29) is 6.10 Å². The van der Waals surface area contributed by atoms with Crippen LogP contribution in [0.5, 0.6) is 0 Å². The Balaban J connectivity index is 2.02. The number of halogens is 1. The molecule has 1 aromatic rings. The smallest absolute Gasteiger partial charge is 0.204 e. The van der Waals surface area contributed by atoms with Gasteiger partial charge in [-0.1, -0.05) is 86.3 Å². The van der Waals surface area contributed by atoms with Crippen LogP contribution in [0.4, 0.5) is 0 Å². The fourth-order valence-electron chi connectivity index (χ4n) is 4.88. The van der Waals surface area contributed by atoms with Crippen molar-refractivity contribution in [1.29, 1.82) is 0 Å². The molecule has 30 heavy (non-hydrogen) atoms. The number of benzene rings is 1. The summed E-state index contributed by atoms with van der Waals surface area (Å²) in [5.41, 5.74) is 1.21. The van der Waals surface area contributed by atoms with Crippen LogP contribution in [0.25, 0.3) is 0 Å². The van der Waals surface area contributed by atoms with Crippen LogP contribution in [0, 0.1) is 0 Å². The highest BCUT2D eigenvalue weighted by Crippen LogP contribution is 2.67. The molecule has 1 aliphatic carbocycles. The highest BCUT2D eigenvalue weighted by molar-refractivity contribution is 9.10. The van der Waals surface area contributed by atoms with Gasteiger partial charge in [0.1, 0.15) is 0 Å². The summed E-state index contributed by atoms with van der Waals surface area (Å²) in [6, 6.07) is 9.61. The molecule has 0 aromatic heterocycles. The van der Waals surface area contributed by atoms with Gasteiger partial charge in [-0.05, 0) is 43.2 Å². The highest BCUT2D eigenvalue weighted by atomic mass is 79.9. The molecule has 8 heteroatoms. The van der Waals surface area contributed by atoms with Gasteiger partial charge in [-0.25, -0.2) is 9.34 Å². The normalized spacial score (nSPS) is 26.5. The Morgan fingerprint density at radius 1 is 1.00 bits per heavy atom. The predicted octanol–water partition coefficient (Wildman–Crippen LogP) is 7.43. The van der Waals surface area contributed by atoms with Gasteiger partial charge in [-0.2, -0.15) is 0 Å². The standard InChI is InChI=1S/C22H40BrN2OPSSi2/c1-18(19-12-8-9-13-20(19)23)26-27(28)24(16-29(2,3)4)21-14-10-11-15-22(21)25(27)17-30(5,6)7/h8-9,12-13,18,21-22H,10-11,14-17H2,1-7H3/t18-,21+,22+/m0/s1. The lowest BCUT2D eigenvalue weighted by Crippen LogP contribution is -2.46. The van der Waals surface area contributed by atoms with Crippen molar-refractivity contribution in [3.05, 3.63) is 34.3 Å². The second kappa shape index (κ2) is 9.50. The van der Waals surface area contributed by atoms with Gasteiger partial charge in [0.25, 0.3) is 0 Å². The zero-order valence-electron chi connectivity index (χ0n) is 19.8. The van der Waals surface area contributed by atoms with E-state index in [0.717, 1.165) is 16.8 Å². The van der Waals surface area contributed by atoms with Gasteiger partial charge >= 0.3 is 0 Å². The maximum Gasteiger partial charge on any atom is 0.204 e. The van der Waals surface area contributed by atoms with E-state index >= 15 is 0 Å². The Bertz CT molecular complexity index is 762. The average Bonchev–Trinajstić information content (AvgIpc) is 2.82. The van der Waals surface area contributed by atoms with Crippen LogP contribution in [-0.4, -0.2) is 49.9 Å². The van der Waals surface area contributed by atoms with Gasteiger partial charge in [0.05, 0.1) is 22.3 Å². The van der Waals surface area contributed by atoms with E-state index in [1.165, 1.54) is 31.2 Å². The van der Waals surface area contributed by atoms with Crippen LogP contribution < -0.4 is 0 Å². The largest absolute Gasteiger partial charge is 0.319 e. The van der Waals surface area contributed by atoms with Crippen molar-refractivity contribution in [2.45, 2.75) is 90.1 Å². The van der Waals surface area contributed by atoms with Crippen molar-refractivity contribution in [2.24, 2.45) is 0 Å². The fourth-order valence-corrected chi connectivity index (χ4v) is 16.4. The topological polar surface area (TPSA) is 15.7 Å². The molecule has 3 nitrogen and oxygen atoms in total. The van der Waals surface area contributed by atoms with Crippen molar-refractivity contribution in [2.75, 3.05) is 12.3 Å². The number of rotatable bonds is 7. The first-order chi connectivity index (χ1) is 13.8. The molecule has 0 amide bonds. The molecular weight excluding hydrogens is 507 g/mol. The molecule has 0 unspecified atom stereocenters. The lowest BCUT2D eigenvalue weighted by molar-refractivity contribution is 0.217. The van der Waals surface area contributed by atoms with Gasteiger partial charge in [0, 0.05) is 28.9 Å². The SMILES string of the molecule is C[C@H](OP1(=S)N(C[Si](C)(C)C)[C@@H]2CCCC[C@H]2N1C[Si](C)(C)C)c1ccccc1Br. The summed E-state index contributed by atoms with van der Waals surface area (Å²) in [5, 5.41) is 0. The first-order valence-electron chi connectivity index (χ1n) is 11.4. The second-order valence-corrected chi connectivity index (χ2v) is 26.9. The van der Waals surface area contributed by atoms with Gasteiger partial charge in [0.15, 0.2) is 0 Å². The summed E-state index contributed by atoms with van der Waals surface area (Å²) < 4.78 is 13.6. The van der Waals surface area contributed by atoms with Crippen LogP contribution in [0.3, 0.4) is 0 Å². The number of hydrogen-bond donors (Lipinski definition) is 0. The van der Waals surface area contributed by atoms with Crippen LogP contribution >= 0.6 is 22.5 Å². The molecule has 1 saturated carbocycles. The van der Waals surface area contributed by atoms with E-state index in [1.54, 1.807) is 0 Å². The van der Waals surface area contributed by atoms with Gasteiger partial charge in [-0.3, -0.25) is 0 Å². The Morgan fingerprint density at radius 3 is 1.90 bits per heavy atom. The predicted molar refractivity (Wildman–Crippen MR) is 144 cm³/mol. The van der Waals surface area contributed by atoms with Crippen LogP contribution in [0.1, 0.15) is 44.3 Å². The molecule has 0 spiro atoms. The van der Waals surface area contributed by atoms with Crippen molar-refractivity contribution >= 4 is 50.5 Å². The average molecular weight is 548 g/mol. The lowest BCUT2D eigenvalue weighted by Gasteiger charge is -2.40. The maximum atomic E-state index is 7.07. The van der Waals surface area contributed by atoms with Gasteiger partial charge in [-0.15, -0.1) is 0 Å². The molecule has 1 heterocycles. The molecule has 170 valence electrons. The van der Waals surface area contributed by atoms with Crippen LogP contribution in [-0.2, 0) is 16.3 Å². The first-order valence-corrected chi connectivity index (χ1v) is 22.2. The Labute approximate surface area is 200 Å². The van der Waals surface area contributed by atoms with Crippen LogP contribution in [0.2, 0.25) is 39.3 Å². The maximum absolute atomic E-state index is 7.07. The molecule has 0 radical (unpaired) electrons. The Morgan fingerprint density at radius 2 is 1.47 bits per heavy atom. The molecule has 2 fully saturated rings. The summed E-state index contributed by atoms with van der Waals surface area (Å²) in [4.78, 5) is 0. The monoisotopic (exact) mass is 546 g/mol. The number of fused-ring (bicyclic) bond motifs is 1. The molecule has 1 aliphatic heterocycles. The third kappa shape index (κ3) is 5.77. The molecular formula is C22H40BrN2OPSSi2. The third-order valence-corrected chi connectivity index (χ3v) is 14.1. The van der Waals surface area contributed by atoms with Crippen LogP contribution in [0.15, 0.2) is 28.7 Å². The van der Waals surface area contributed by atoms with E-state index in [0.29, 0.717) is 12.1 Å².